The number of methoxy groups -OCH3 is 1. The number of nitrogens with zero attached hydrogens (tertiary/aromatic N) is 1. The zero-order valence-electron chi connectivity index (χ0n) is 9.50. The Bertz CT molecular complexity index is 362. The molecule has 2 rings (SSSR count). The van der Waals surface area contributed by atoms with Gasteiger partial charge in [-0.25, -0.2) is 4.39 Å². The van der Waals surface area contributed by atoms with E-state index >= 15 is 0 Å². The molecule has 1 heterocycles. The Morgan fingerprint density at radius 1 is 1.38 bits per heavy atom. The first-order valence-electron chi connectivity index (χ1n) is 5.46. The summed E-state index contributed by atoms with van der Waals surface area (Å²) in [4.78, 5) is 3.53. The van der Waals surface area contributed by atoms with E-state index in [2.05, 4.69) is 11.9 Å². The van der Waals surface area contributed by atoms with E-state index in [1.54, 1.807) is 12.1 Å². The maximum atomic E-state index is 13.2. The van der Waals surface area contributed by atoms with Gasteiger partial charge in [0.2, 0.25) is 0 Å². The Balaban J connectivity index is 2.14. The van der Waals surface area contributed by atoms with Gasteiger partial charge >= 0.3 is 0 Å². The van der Waals surface area contributed by atoms with Crippen LogP contribution in [-0.2, 0) is 0 Å². The molecular weight excluding hydrogens is 207 g/mol. The molecule has 1 fully saturated rings. The highest BCUT2D eigenvalue weighted by Gasteiger charge is 2.15. The van der Waals surface area contributed by atoms with E-state index < -0.39 is 0 Å². The molecule has 1 saturated heterocycles. The molecule has 0 atom stereocenters. The zero-order valence-corrected chi connectivity index (χ0v) is 9.50. The first-order chi connectivity index (χ1) is 7.70. The lowest BCUT2D eigenvalue weighted by atomic mass is 10.2. The standard InChI is InChI=1S/C12H17FN2O/c1-14-5-7-15(8-6-14)10-3-4-11(13)12(9-10)16-2/h3-4,9,14H,1,5-8H2,2H3. The normalized spacial score (nSPS) is 17.6. The fraction of sp³-hybridized carbons (Fsp3) is 0.417. The highest BCUT2D eigenvalue weighted by atomic mass is 19.1. The van der Waals surface area contributed by atoms with Gasteiger partial charge in [-0.1, -0.05) is 0 Å². The van der Waals surface area contributed by atoms with Gasteiger partial charge in [0.1, 0.15) is 0 Å². The van der Waals surface area contributed by atoms with Crippen molar-refractivity contribution in [1.82, 2.24) is 0 Å². The third kappa shape index (κ3) is 2.27. The smallest absolute Gasteiger partial charge is 0.165 e. The second kappa shape index (κ2) is 4.70. The Hall–Kier alpha value is -1.29. The van der Waals surface area contributed by atoms with Crippen molar-refractivity contribution in [3.05, 3.63) is 31.1 Å². The number of hydrogen-bond acceptors (Lipinski definition) is 2. The van der Waals surface area contributed by atoms with Crippen LogP contribution in [0.2, 0.25) is 0 Å². The van der Waals surface area contributed by atoms with Crippen molar-refractivity contribution in [2.45, 2.75) is 0 Å². The molecule has 0 radical (unpaired) electrons. The van der Waals surface area contributed by atoms with E-state index in [9.17, 15) is 4.39 Å². The minimum atomic E-state index is -0.312. The van der Waals surface area contributed by atoms with Gasteiger partial charge < -0.3 is 14.5 Å². The molecule has 3 nitrogen and oxygen atoms in total. The van der Waals surface area contributed by atoms with Gasteiger partial charge in [0.05, 0.1) is 33.3 Å². The molecule has 0 unspecified atom stereocenters. The van der Waals surface area contributed by atoms with E-state index in [0.717, 1.165) is 31.9 Å². The molecule has 0 aliphatic carbocycles. The number of benzene rings is 1. The summed E-state index contributed by atoms with van der Waals surface area (Å²) in [5.74, 6) is -0.00503. The van der Waals surface area contributed by atoms with Gasteiger partial charge in [-0.2, -0.15) is 7.05 Å². The van der Waals surface area contributed by atoms with Crippen molar-refractivity contribution in [3.8, 4) is 5.75 Å². The van der Waals surface area contributed by atoms with Gasteiger partial charge in [0.15, 0.2) is 11.6 Å². The summed E-state index contributed by atoms with van der Waals surface area (Å²) in [6.45, 7) is 3.93. The van der Waals surface area contributed by atoms with Crippen LogP contribution in [0, 0.1) is 12.9 Å². The molecule has 0 bridgehead atoms. The average molecular weight is 224 g/mol. The summed E-state index contributed by atoms with van der Waals surface area (Å²) in [5, 5.41) is 0. The molecule has 1 aromatic carbocycles. The second-order valence-electron chi connectivity index (χ2n) is 4.06. The van der Waals surface area contributed by atoms with Crippen molar-refractivity contribution in [1.29, 1.82) is 0 Å². The second-order valence-corrected chi connectivity index (χ2v) is 4.06. The summed E-state index contributed by atoms with van der Waals surface area (Å²) in [6, 6.07) is 5.01. The van der Waals surface area contributed by atoms with Crippen LogP contribution < -0.4 is 14.5 Å². The molecule has 16 heavy (non-hydrogen) atoms. The predicted molar refractivity (Wildman–Crippen MR) is 61.2 cm³/mol. The SMILES string of the molecule is [CH2-][NH+]1CCN(c2ccc(F)c(OC)c2)CC1. The minimum Gasteiger partial charge on any atom is -0.494 e. The van der Waals surface area contributed by atoms with Gasteiger partial charge in [0, 0.05) is 11.8 Å². The lowest BCUT2D eigenvalue weighted by Gasteiger charge is -2.35. The van der Waals surface area contributed by atoms with Crippen molar-refractivity contribution >= 4 is 5.69 Å². The maximum Gasteiger partial charge on any atom is 0.165 e. The van der Waals surface area contributed by atoms with Gasteiger partial charge in [-0.3, -0.25) is 0 Å². The Labute approximate surface area is 95.4 Å². The van der Waals surface area contributed by atoms with Crippen LogP contribution in [-0.4, -0.2) is 33.3 Å². The Morgan fingerprint density at radius 2 is 2.06 bits per heavy atom. The number of halogens is 1. The quantitative estimate of drug-likeness (QED) is 0.729. The highest BCUT2D eigenvalue weighted by molar-refractivity contribution is 5.51. The van der Waals surface area contributed by atoms with Crippen LogP contribution in [0.25, 0.3) is 0 Å². The molecule has 1 aromatic rings. The van der Waals surface area contributed by atoms with Crippen LogP contribution in [0.5, 0.6) is 5.75 Å². The summed E-state index contributed by atoms with van der Waals surface area (Å²) in [5.41, 5.74) is 1.02. The van der Waals surface area contributed by atoms with Crippen molar-refractivity contribution < 1.29 is 14.0 Å². The lowest BCUT2D eigenvalue weighted by molar-refractivity contribution is -0.854. The highest BCUT2D eigenvalue weighted by Crippen LogP contribution is 2.24. The summed E-state index contributed by atoms with van der Waals surface area (Å²) in [6.07, 6.45) is 0. The van der Waals surface area contributed by atoms with Crippen molar-refractivity contribution in [2.24, 2.45) is 0 Å². The summed E-state index contributed by atoms with van der Waals surface area (Å²) in [7, 11) is 5.47. The fourth-order valence-electron chi connectivity index (χ4n) is 1.93. The maximum absolute atomic E-state index is 13.2. The summed E-state index contributed by atoms with van der Waals surface area (Å²) < 4.78 is 18.2. The van der Waals surface area contributed by atoms with Crippen LogP contribution in [0.4, 0.5) is 10.1 Å². The van der Waals surface area contributed by atoms with Gasteiger partial charge in [-0.05, 0) is 12.1 Å². The number of piperazine rings is 1. The average Bonchev–Trinajstić information content (AvgIpc) is 2.31. The largest absolute Gasteiger partial charge is 0.494 e. The number of anilines is 1. The summed E-state index contributed by atoms with van der Waals surface area (Å²) >= 11 is 0. The lowest BCUT2D eigenvalue weighted by Crippen LogP contribution is -3.10. The molecular formula is C12H17FN2O. The van der Waals surface area contributed by atoms with Gasteiger partial charge in [-0.15, -0.1) is 0 Å². The van der Waals surface area contributed by atoms with Crippen LogP contribution in [0.1, 0.15) is 0 Å². The molecule has 88 valence electrons. The molecule has 0 aromatic heterocycles. The minimum absolute atomic E-state index is 0.307. The molecule has 1 N–H and O–H groups in total. The number of nitrogens with one attached hydrogen (secondary N) is 1. The topological polar surface area (TPSA) is 16.9 Å². The predicted octanol–water partition coefficient (Wildman–Crippen LogP) is 0.331. The van der Waals surface area contributed by atoms with Crippen molar-refractivity contribution in [3.63, 3.8) is 0 Å². The Morgan fingerprint density at radius 3 is 2.69 bits per heavy atom. The number of hydrogen-bond donors (Lipinski definition) is 1. The molecule has 0 saturated carbocycles. The first-order valence-corrected chi connectivity index (χ1v) is 5.46. The van der Waals surface area contributed by atoms with Crippen LogP contribution >= 0.6 is 0 Å². The molecule has 4 heteroatoms. The van der Waals surface area contributed by atoms with E-state index in [1.807, 2.05) is 0 Å². The third-order valence-electron chi connectivity index (χ3n) is 2.97. The van der Waals surface area contributed by atoms with Crippen LogP contribution in [0.15, 0.2) is 18.2 Å². The number of rotatable bonds is 2. The first kappa shape index (κ1) is 11.2. The zero-order chi connectivity index (χ0) is 11.5. The van der Waals surface area contributed by atoms with Gasteiger partial charge in [0.25, 0.3) is 0 Å². The molecule has 1 aliphatic rings. The fourth-order valence-corrected chi connectivity index (χ4v) is 1.93. The molecule has 0 amide bonds. The van der Waals surface area contributed by atoms with E-state index in [4.69, 9.17) is 4.74 Å². The molecule has 0 spiro atoms. The third-order valence-corrected chi connectivity index (χ3v) is 2.97. The van der Waals surface area contributed by atoms with E-state index in [0.29, 0.717) is 5.75 Å². The monoisotopic (exact) mass is 224 g/mol. The van der Waals surface area contributed by atoms with Crippen molar-refractivity contribution in [2.75, 3.05) is 38.2 Å². The molecule has 1 aliphatic heterocycles. The number of ether oxygens (including phenoxy) is 1. The van der Waals surface area contributed by atoms with Crippen LogP contribution in [0.3, 0.4) is 0 Å². The number of quaternary nitrogens is 1. The Kier molecular flexibility index (Phi) is 3.29. The van der Waals surface area contributed by atoms with E-state index in [1.165, 1.54) is 18.1 Å². The van der Waals surface area contributed by atoms with E-state index in [-0.39, 0.29) is 5.82 Å².